The van der Waals surface area contributed by atoms with E-state index in [1.54, 1.807) is 0 Å². The first kappa shape index (κ1) is 11.2. The molecule has 2 aliphatic carbocycles. The molecule has 1 aromatic rings. The van der Waals surface area contributed by atoms with E-state index in [1.165, 1.54) is 29.5 Å². The van der Waals surface area contributed by atoms with Crippen molar-refractivity contribution in [2.45, 2.75) is 31.7 Å². The lowest BCUT2D eigenvalue weighted by molar-refractivity contribution is 0.257. The fraction of sp³-hybridized carbons (Fsp3) is 0.389. The van der Waals surface area contributed by atoms with Crippen LogP contribution in [0.1, 0.15) is 35.4 Å². The van der Waals surface area contributed by atoms with Crippen molar-refractivity contribution in [1.82, 2.24) is 0 Å². The lowest BCUT2D eigenvalue weighted by Crippen LogP contribution is -2.36. The molecule has 4 atom stereocenters. The smallest absolute Gasteiger partial charge is 0.0574 e. The van der Waals surface area contributed by atoms with Gasteiger partial charge in [0, 0.05) is 12.1 Å². The largest absolute Gasteiger partial charge is 0.289 e. The zero-order valence-corrected chi connectivity index (χ0v) is 11.3. The Kier molecular flexibility index (Phi) is 2.48. The van der Waals surface area contributed by atoms with Crippen LogP contribution in [0.3, 0.4) is 0 Å². The Morgan fingerprint density at radius 2 is 2.00 bits per heavy atom. The fourth-order valence-corrected chi connectivity index (χ4v) is 4.00. The number of hydrogen-bond acceptors (Lipinski definition) is 1. The Morgan fingerprint density at radius 1 is 1.11 bits per heavy atom. The fourth-order valence-electron chi connectivity index (χ4n) is 4.00. The van der Waals surface area contributed by atoms with Crippen LogP contribution < -0.4 is 0 Å². The first-order chi connectivity index (χ1) is 9.33. The Morgan fingerprint density at radius 3 is 2.95 bits per heavy atom. The summed E-state index contributed by atoms with van der Waals surface area (Å²) in [5.41, 5.74) is 4.22. The van der Waals surface area contributed by atoms with E-state index in [2.05, 4.69) is 55.6 Å². The van der Waals surface area contributed by atoms with Gasteiger partial charge in [-0.15, -0.1) is 0 Å². The summed E-state index contributed by atoms with van der Waals surface area (Å²) in [7, 11) is 0. The van der Waals surface area contributed by atoms with E-state index < -0.39 is 0 Å². The summed E-state index contributed by atoms with van der Waals surface area (Å²) in [5.74, 6) is 1.94. The second-order valence-electron chi connectivity index (χ2n) is 6.09. The second kappa shape index (κ2) is 4.19. The predicted octanol–water partition coefficient (Wildman–Crippen LogP) is 4.03. The summed E-state index contributed by atoms with van der Waals surface area (Å²) in [5, 5.41) is 0. The van der Waals surface area contributed by atoms with Gasteiger partial charge in [-0.25, -0.2) is 0 Å². The SMILES string of the molecule is Cc1ccc2c(c1)C1C(CCC3C=CC=CC31)N=C2. The highest BCUT2D eigenvalue weighted by Crippen LogP contribution is 2.47. The van der Waals surface area contributed by atoms with Gasteiger partial charge in [-0.3, -0.25) is 4.99 Å². The Balaban J connectivity index is 1.83. The molecule has 3 aliphatic rings. The molecule has 4 unspecified atom stereocenters. The minimum atomic E-state index is 0.492. The van der Waals surface area contributed by atoms with E-state index in [9.17, 15) is 0 Å². The van der Waals surface area contributed by atoms with Gasteiger partial charge in [0.1, 0.15) is 0 Å². The molecule has 1 aliphatic heterocycles. The molecule has 1 saturated carbocycles. The van der Waals surface area contributed by atoms with Gasteiger partial charge in [0.15, 0.2) is 0 Å². The van der Waals surface area contributed by atoms with Gasteiger partial charge in [0.2, 0.25) is 0 Å². The number of rotatable bonds is 0. The standard InChI is InChI=1S/C18H19N/c1-12-6-7-14-11-19-17-9-8-13-4-2-3-5-15(13)18(17)16(14)10-12/h2-7,10-11,13,15,17-18H,8-9H2,1H3. The number of allylic oxidation sites excluding steroid dienone is 4. The lowest BCUT2D eigenvalue weighted by Gasteiger charge is -2.42. The molecular formula is C18H19N. The molecule has 0 bridgehead atoms. The van der Waals surface area contributed by atoms with Crippen LogP contribution in [0.5, 0.6) is 0 Å². The van der Waals surface area contributed by atoms with Gasteiger partial charge in [0.25, 0.3) is 0 Å². The summed E-state index contributed by atoms with van der Waals surface area (Å²) in [6, 6.07) is 7.30. The molecule has 4 rings (SSSR count). The summed E-state index contributed by atoms with van der Waals surface area (Å²) in [4.78, 5) is 4.83. The van der Waals surface area contributed by atoms with E-state index in [-0.39, 0.29) is 0 Å². The van der Waals surface area contributed by atoms with Gasteiger partial charge in [-0.2, -0.15) is 0 Å². The topological polar surface area (TPSA) is 12.4 Å². The van der Waals surface area contributed by atoms with E-state index in [0.29, 0.717) is 23.8 Å². The Bertz CT molecular complexity index is 594. The average molecular weight is 249 g/mol. The molecule has 0 saturated heterocycles. The lowest BCUT2D eigenvalue weighted by atomic mass is 9.64. The summed E-state index contributed by atoms with van der Waals surface area (Å²) in [6.07, 6.45) is 13.9. The molecule has 96 valence electrons. The molecule has 1 aromatic carbocycles. The predicted molar refractivity (Wildman–Crippen MR) is 79.8 cm³/mol. The van der Waals surface area contributed by atoms with Gasteiger partial charge >= 0.3 is 0 Å². The Labute approximate surface area is 114 Å². The molecule has 1 nitrogen and oxygen atoms in total. The van der Waals surface area contributed by atoms with Crippen LogP contribution in [0.4, 0.5) is 0 Å². The van der Waals surface area contributed by atoms with Gasteiger partial charge in [-0.1, -0.05) is 48.1 Å². The zero-order valence-electron chi connectivity index (χ0n) is 11.3. The molecule has 0 aromatic heterocycles. The molecular weight excluding hydrogens is 230 g/mol. The van der Waals surface area contributed by atoms with Crippen LogP contribution in [-0.2, 0) is 0 Å². The third kappa shape index (κ3) is 1.72. The van der Waals surface area contributed by atoms with Crippen LogP contribution in [0, 0.1) is 18.8 Å². The molecule has 19 heavy (non-hydrogen) atoms. The normalized spacial score (nSPS) is 34.6. The van der Waals surface area contributed by atoms with Crippen molar-refractivity contribution in [3.8, 4) is 0 Å². The van der Waals surface area contributed by atoms with E-state index in [0.717, 1.165) is 0 Å². The molecule has 0 spiro atoms. The minimum Gasteiger partial charge on any atom is -0.289 e. The minimum absolute atomic E-state index is 0.492. The summed E-state index contributed by atoms with van der Waals surface area (Å²) >= 11 is 0. The van der Waals surface area contributed by atoms with Gasteiger partial charge in [0.05, 0.1) is 6.04 Å². The summed E-state index contributed by atoms with van der Waals surface area (Å²) in [6.45, 7) is 2.19. The third-order valence-electron chi connectivity index (χ3n) is 4.93. The number of aryl methyl sites for hydroxylation is 1. The third-order valence-corrected chi connectivity index (χ3v) is 4.93. The first-order valence-corrected chi connectivity index (χ1v) is 7.31. The maximum absolute atomic E-state index is 4.83. The highest BCUT2D eigenvalue weighted by molar-refractivity contribution is 5.84. The number of benzene rings is 1. The molecule has 0 amide bonds. The molecule has 0 radical (unpaired) electrons. The van der Waals surface area contributed by atoms with E-state index >= 15 is 0 Å². The van der Waals surface area contributed by atoms with Crippen LogP contribution in [0.2, 0.25) is 0 Å². The summed E-state index contributed by atoms with van der Waals surface area (Å²) < 4.78 is 0. The van der Waals surface area contributed by atoms with Crippen molar-refractivity contribution in [1.29, 1.82) is 0 Å². The molecule has 1 heterocycles. The number of nitrogens with zero attached hydrogens (tertiary/aromatic N) is 1. The van der Waals surface area contributed by atoms with Crippen molar-refractivity contribution in [3.63, 3.8) is 0 Å². The highest BCUT2D eigenvalue weighted by Gasteiger charge is 2.40. The molecule has 1 heteroatoms. The van der Waals surface area contributed by atoms with Crippen molar-refractivity contribution in [2.24, 2.45) is 16.8 Å². The van der Waals surface area contributed by atoms with Gasteiger partial charge in [-0.05, 0) is 42.7 Å². The second-order valence-corrected chi connectivity index (χ2v) is 6.09. The van der Waals surface area contributed by atoms with E-state index in [4.69, 9.17) is 4.99 Å². The van der Waals surface area contributed by atoms with Crippen molar-refractivity contribution in [3.05, 3.63) is 59.2 Å². The van der Waals surface area contributed by atoms with Crippen molar-refractivity contribution >= 4 is 6.21 Å². The monoisotopic (exact) mass is 249 g/mol. The zero-order chi connectivity index (χ0) is 12.8. The first-order valence-electron chi connectivity index (χ1n) is 7.31. The maximum Gasteiger partial charge on any atom is 0.0574 e. The number of fused-ring (bicyclic) bond motifs is 5. The maximum atomic E-state index is 4.83. The number of hydrogen-bond donors (Lipinski definition) is 0. The van der Waals surface area contributed by atoms with Crippen LogP contribution in [-0.4, -0.2) is 12.3 Å². The van der Waals surface area contributed by atoms with Crippen molar-refractivity contribution < 1.29 is 0 Å². The quantitative estimate of drug-likeness (QED) is 0.658. The van der Waals surface area contributed by atoms with Gasteiger partial charge < -0.3 is 0 Å². The van der Waals surface area contributed by atoms with E-state index in [1.807, 2.05) is 0 Å². The average Bonchev–Trinajstić information content (AvgIpc) is 2.46. The Hall–Kier alpha value is -1.63. The van der Waals surface area contributed by atoms with Crippen LogP contribution >= 0.6 is 0 Å². The van der Waals surface area contributed by atoms with Crippen LogP contribution in [0.25, 0.3) is 0 Å². The molecule has 0 N–H and O–H groups in total. The van der Waals surface area contributed by atoms with Crippen LogP contribution in [0.15, 0.2) is 47.5 Å². The molecule has 1 fully saturated rings. The highest BCUT2D eigenvalue weighted by atomic mass is 14.8. The van der Waals surface area contributed by atoms with Crippen molar-refractivity contribution in [2.75, 3.05) is 0 Å². The number of aliphatic imine (C=N–C) groups is 1.